The fourth-order valence-electron chi connectivity index (χ4n) is 2.13. The van der Waals surface area contributed by atoms with E-state index in [2.05, 4.69) is 20.9 Å². The molecule has 166 valence electrons. The molecule has 0 aliphatic rings. The number of nitrogens with one attached hydrogen (secondary N) is 3. The van der Waals surface area contributed by atoms with Crippen LogP contribution in [0.25, 0.3) is 0 Å². The van der Waals surface area contributed by atoms with Crippen LogP contribution in [-0.2, 0) is 19.2 Å². The third-order valence-corrected chi connectivity index (χ3v) is 4.36. The second-order valence-corrected chi connectivity index (χ2v) is 7.23. The zero-order chi connectivity index (χ0) is 22.4. The fraction of sp³-hybridized carbons (Fsp3) is 0.688. The molecule has 0 heterocycles. The van der Waals surface area contributed by atoms with Gasteiger partial charge < -0.3 is 38.3 Å². The van der Waals surface area contributed by atoms with Crippen LogP contribution in [0.1, 0.15) is 26.2 Å². The van der Waals surface area contributed by atoms with Crippen molar-refractivity contribution in [1.29, 1.82) is 0 Å². The smallest absolute Gasteiger partial charge is 0.322 e. The molecular weight excluding hydrogens is 402 g/mol. The number of hydrogen-bond donors (Lipinski definition) is 7. The van der Waals surface area contributed by atoms with Crippen LogP contribution < -0.4 is 33.2 Å². The first-order chi connectivity index (χ1) is 13.6. The van der Waals surface area contributed by atoms with Gasteiger partial charge in [-0.15, -0.1) is 0 Å². The van der Waals surface area contributed by atoms with Gasteiger partial charge in [0.1, 0.15) is 18.6 Å². The van der Waals surface area contributed by atoms with Crippen LogP contribution in [0, 0.1) is 0 Å². The number of nitrogens with two attached hydrogens (primary N) is 3. The molecule has 0 radical (unpaired) electrons. The van der Waals surface area contributed by atoms with Gasteiger partial charge in [0.25, 0.3) is 0 Å². The van der Waals surface area contributed by atoms with Crippen LogP contribution in [0.5, 0.6) is 0 Å². The second kappa shape index (κ2) is 14.5. The van der Waals surface area contributed by atoms with E-state index in [0.29, 0.717) is 31.6 Å². The van der Waals surface area contributed by atoms with Gasteiger partial charge in [0.15, 0.2) is 5.96 Å². The zero-order valence-electron chi connectivity index (χ0n) is 16.6. The maximum absolute atomic E-state index is 12.5. The van der Waals surface area contributed by atoms with Gasteiger partial charge in [-0.05, 0) is 38.2 Å². The lowest BCUT2D eigenvalue weighted by Crippen LogP contribution is -2.55. The standard InChI is InChI=1S/C16H31N7O5S/c1-9(13(26)21-8-12(24)25)22-15(28)11(5-7-29-2)23-14(27)10(17)4-3-6-20-16(18)19/h9-11H,3-8,17H2,1-2H3,(H,21,26)(H,22,28)(H,23,27)(H,24,25)(H4,18,19,20). The number of nitrogens with zero attached hydrogens (tertiary/aromatic N) is 1. The average molecular weight is 434 g/mol. The second-order valence-electron chi connectivity index (χ2n) is 6.24. The van der Waals surface area contributed by atoms with E-state index in [1.165, 1.54) is 18.7 Å². The Bertz CT molecular complexity index is 598. The van der Waals surface area contributed by atoms with Crippen LogP contribution in [-0.4, -0.2) is 78.0 Å². The van der Waals surface area contributed by atoms with Crippen LogP contribution in [0.2, 0.25) is 0 Å². The minimum atomic E-state index is -1.20. The number of guanidine groups is 1. The highest BCUT2D eigenvalue weighted by atomic mass is 32.2. The molecule has 13 heteroatoms. The summed E-state index contributed by atoms with van der Waals surface area (Å²) in [7, 11) is 0. The minimum Gasteiger partial charge on any atom is -0.480 e. The largest absolute Gasteiger partial charge is 0.480 e. The van der Waals surface area contributed by atoms with E-state index in [9.17, 15) is 19.2 Å². The SMILES string of the molecule is CSCCC(NC(=O)C(N)CCCN=C(N)N)C(=O)NC(C)C(=O)NCC(=O)O. The number of amides is 3. The van der Waals surface area contributed by atoms with Crippen molar-refractivity contribution in [3.63, 3.8) is 0 Å². The van der Waals surface area contributed by atoms with E-state index >= 15 is 0 Å². The van der Waals surface area contributed by atoms with E-state index in [0.717, 1.165) is 0 Å². The first-order valence-corrected chi connectivity index (χ1v) is 10.4. The van der Waals surface area contributed by atoms with Crippen LogP contribution in [0.15, 0.2) is 4.99 Å². The molecule has 29 heavy (non-hydrogen) atoms. The molecule has 0 spiro atoms. The molecule has 3 unspecified atom stereocenters. The maximum atomic E-state index is 12.5. The summed E-state index contributed by atoms with van der Waals surface area (Å²) in [6.45, 7) is 1.20. The molecule has 10 N–H and O–H groups in total. The topological polar surface area (TPSA) is 215 Å². The molecule has 3 atom stereocenters. The molecule has 0 saturated carbocycles. The summed E-state index contributed by atoms with van der Waals surface area (Å²) in [5.74, 6) is -2.35. The van der Waals surface area contributed by atoms with Crippen molar-refractivity contribution in [3.8, 4) is 0 Å². The number of aliphatic carboxylic acids is 1. The zero-order valence-corrected chi connectivity index (χ0v) is 17.5. The van der Waals surface area contributed by atoms with Crippen molar-refractivity contribution in [2.75, 3.05) is 25.1 Å². The Labute approximate surface area is 173 Å². The Morgan fingerprint density at radius 1 is 1.07 bits per heavy atom. The third kappa shape index (κ3) is 12.5. The van der Waals surface area contributed by atoms with E-state index < -0.39 is 48.4 Å². The summed E-state index contributed by atoms with van der Waals surface area (Å²) in [4.78, 5) is 50.9. The van der Waals surface area contributed by atoms with Crippen molar-refractivity contribution in [1.82, 2.24) is 16.0 Å². The monoisotopic (exact) mass is 433 g/mol. The maximum Gasteiger partial charge on any atom is 0.322 e. The Morgan fingerprint density at radius 2 is 1.72 bits per heavy atom. The Morgan fingerprint density at radius 3 is 2.28 bits per heavy atom. The Hall–Kier alpha value is -2.54. The quantitative estimate of drug-likeness (QED) is 0.0861. The predicted octanol–water partition coefficient (Wildman–Crippen LogP) is -2.69. The lowest BCUT2D eigenvalue weighted by atomic mass is 10.1. The van der Waals surface area contributed by atoms with Crippen molar-refractivity contribution in [3.05, 3.63) is 0 Å². The average Bonchev–Trinajstić information content (AvgIpc) is 2.65. The van der Waals surface area contributed by atoms with Crippen molar-refractivity contribution in [2.24, 2.45) is 22.2 Å². The van der Waals surface area contributed by atoms with Crippen molar-refractivity contribution < 1.29 is 24.3 Å². The molecule has 0 fully saturated rings. The number of hydrogen-bond acceptors (Lipinski definition) is 7. The molecule has 0 aromatic rings. The molecule has 12 nitrogen and oxygen atoms in total. The third-order valence-electron chi connectivity index (χ3n) is 3.71. The molecule has 0 rings (SSSR count). The van der Waals surface area contributed by atoms with Crippen LogP contribution in [0.3, 0.4) is 0 Å². The van der Waals surface area contributed by atoms with E-state index in [4.69, 9.17) is 22.3 Å². The number of thioether (sulfide) groups is 1. The number of carbonyl (C=O) groups is 4. The lowest BCUT2D eigenvalue weighted by molar-refractivity contribution is -0.138. The highest BCUT2D eigenvalue weighted by Crippen LogP contribution is 2.04. The molecule has 0 aliphatic carbocycles. The van der Waals surface area contributed by atoms with Gasteiger partial charge in [-0.25, -0.2) is 0 Å². The first-order valence-electron chi connectivity index (χ1n) is 8.98. The summed E-state index contributed by atoms with van der Waals surface area (Å²) in [6.07, 6.45) is 3.01. The van der Waals surface area contributed by atoms with Crippen molar-refractivity contribution in [2.45, 2.75) is 44.3 Å². The van der Waals surface area contributed by atoms with Gasteiger partial charge in [0, 0.05) is 6.54 Å². The molecule has 0 aromatic heterocycles. The summed E-state index contributed by atoms with van der Waals surface area (Å²) >= 11 is 1.49. The molecule has 0 aliphatic heterocycles. The lowest BCUT2D eigenvalue weighted by Gasteiger charge is -2.22. The highest BCUT2D eigenvalue weighted by Gasteiger charge is 2.26. The number of aliphatic imine (C=N–C) groups is 1. The number of rotatable bonds is 14. The fourth-order valence-corrected chi connectivity index (χ4v) is 2.60. The minimum absolute atomic E-state index is 0.0432. The molecule has 0 saturated heterocycles. The molecule has 0 aromatic carbocycles. The highest BCUT2D eigenvalue weighted by molar-refractivity contribution is 7.98. The van der Waals surface area contributed by atoms with E-state index in [-0.39, 0.29) is 5.96 Å². The summed E-state index contributed by atoms with van der Waals surface area (Å²) in [5, 5.41) is 15.8. The van der Waals surface area contributed by atoms with Gasteiger partial charge in [0.2, 0.25) is 17.7 Å². The molecular formula is C16H31N7O5S. The Kier molecular flexibility index (Phi) is 13.2. The van der Waals surface area contributed by atoms with Crippen molar-refractivity contribution >= 4 is 41.4 Å². The molecule has 3 amide bonds. The summed E-state index contributed by atoms with van der Waals surface area (Å²) in [5.41, 5.74) is 16.3. The van der Waals surface area contributed by atoms with Crippen LogP contribution in [0.4, 0.5) is 0 Å². The number of carboxylic acid groups (broad SMARTS) is 1. The predicted molar refractivity (Wildman–Crippen MR) is 111 cm³/mol. The number of carboxylic acids is 1. The number of carbonyl (C=O) groups excluding carboxylic acids is 3. The van der Waals surface area contributed by atoms with Gasteiger partial charge in [-0.1, -0.05) is 0 Å². The first kappa shape index (κ1) is 26.5. The van der Waals surface area contributed by atoms with Gasteiger partial charge in [-0.2, -0.15) is 11.8 Å². The normalized spacial score (nSPS) is 13.5. The van der Waals surface area contributed by atoms with E-state index in [1.807, 2.05) is 6.26 Å². The Balaban J connectivity index is 4.73. The van der Waals surface area contributed by atoms with Gasteiger partial charge in [0.05, 0.1) is 6.04 Å². The van der Waals surface area contributed by atoms with Gasteiger partial charge in [-0.3, -0.25) is 24.2 Å². The van der Waals surface area contributed by atoms with E-state index in [1.54, 1.807) is 0 Å². The summed E-state index contributed by atoms with van der Waals surface area (Å²) < 4.78 is 0. The van der Waals surface area contributed by atoms with Crippen LogP contribution >= 0.6 is 11.8 Å². The summed E-state index contributed by atoms with van der Waals surface area (Å²) in [6, 6.07) is -2.69. The molecule has 0 bridgehead atoms. The van der Waals surface area contributed by atoms with Gasteiger partial charge >= 0.3 is 5.97 Å².